The van der Waals surface area contributed by atoms with Gasteiger partial charge in [0.2, 0.25) is 0 Å². The van der Waals surface area contributed by atoms with E-state index < -0.39 is 11.8 Å². The van der Waals surface area contributed by atoms with E-state index in [9.17, 15) is 14.0 Å². The largest absolute Gasteiger partial charge is 0.493 e. The monoisotopic (exact) mass is 411 g/mol. The Kier molecular flexibility index (Phi) is 5.77. The first kappa shape index (κ1) is 20.9. The van der Waals surface area contributed by atoms with Gasteiger partial charge in [-0.1, -0.05) is 0 Å². The maximum Gasteiger partial charge on any atom is 0.257 e. The molecule has 2 aromatic carbocycles. The quantitative estimate of drug-likeness (QED) is 0.648. The molecular formula is C22H22FN3O4. The van der Waals surface area contributed by atoms with E-state index in [4.69, 9.17) is 15.2 Å². The number of halogens is 1. The Morgan fingerprint density at radius 3 is 2.13 bits per heavy atom. The number of anilines is 1. The number of benzene rings is 2. The number of hydrogen-bond donors (Lipinski definition) is 2. The molecule has 0 fully saturated rings. The number of methoxy groups -OCH3 is 2. The summed E-state index contributed by atoms with van der Waals surface area (Å²) in [5.74, 6) is -0.825. The Labute approximate surface area is 173 Å². The van der Waals surface area contributed by atoms with Crippen LogP contribution in [0.1, 0.15) is 32.1 Å². The van der Waals surface area contributed by atoms with Crippen molar-refractivity contribution in [3.63, 3.8) is 0 Å². The summed E-state index contributed by atoms with van der Waals surface area (Å²) in [5.41, 5.74) is 8.36. The SMILES string of the molecule is COc1cc(NC(=O)c2cc(C)n(-c3ccc(F)cc3)c2C)c(C(N)=O)cc1OC. The number of rotatable bonds is 6. The molecule has 156 valence electrons. The number of hydrogen-bond acceptors (Lipinski definition) is 4. The molecule has 30 heavy (non-hydrogen) atoms. The molecule has 0 aliphatic heterocycles. The first-order valence-electron chi connectivity index (χ1n) is 9.08. The van der Waals surface area contributed by atoms with Gasteiger partial charge in [0, 0.05) is 23.1 Å². The maximum absolute atomic E-state index is 13.3. The Bertz CT molecular complexity index is 1120. The van der Waals surface area contributed by atoms with Crippen LogP contribution in [0.5, 0.6) is 11.5 Å². The van der Waals surface area contributed by atoms with Crippen molar-refractivity contribution >= 4 is 17.5 Å². The Hall–Kier alpha value is -3.81. The predicted octanol–water partition coefficient (Wildman–Crippen LogP) is 3.60. The van der Waals surface area contributed by atoms with Crippen molar-refractivity contribution in [1.29, 1.82) is 0 Å². The molecule has 0 aliphatic carbocycles. The molecule has 0 saturated carbocycles. The van der Waals surface area contributed by atoms with Gasteiger partial charge in [-0.3, -0.25) is 9.59 Å². The minimum absolute atomic E-state index is 0.0911. The van der Waals surface area contributed by atoms with Crippen molar-refractivity contribution in [2.24, 2.45) is 5.73 Å². The second-order valence-electron chi connectivity index (χ2n) is 6.67. The lowest BCUT2D eigenvalue weighted by Crippen LogP contribution is -2.19. The van der Waals surface area contributed by atoms with E-state index in [1.54, 1.807) is 25.1 Å². The van der Waals surface area contributed by atoms with Gasteiger partial charge < -0.3 is 25.1 Å². The van der Waals surface area contributed by atoms with Crippen molar-refractivity contribution < 1.29 is 23.5 Å². The number of carbonyl (C=O) groups is 2. The average molecular weight is 411 g/mol. The van der Waals surface area contributed by atoms with Crippen LogP contribution in [0.4, 0.5) is 10.1 Å². The van der Waals surface area contributed by atoms with Crippen LogP contribution in [0, 0.1) is 19.7 Å². The normalized spacial score (nSPS) is 10.6. The van der Waals surface area contributed by atoms with Gasteiger partial charge >= 0.3 is 0 Å². The third kappa shape index (κ3) is 3.84. The number of amides is 2. The summed E-state index contributed by atoms with van der Waals surface area (Å²) >= 11 is 0. The second kappa shape index (κ2) is 8.28. The molecule has 8 heteroatoms. The highest BCUT2D eigenvalue weighted by Gasteiger charge is 2.21. The number of nitrogens with one attached hydrogen (secondary N) is 1. The molecule has 1 heterocycles. The topological polar surface area (TPSA) is 95.6 Å². The average Bonchev–Trinajstić information content (AvgIpc) is 3.02. The lowest BCUT2D eigenvalue weighted by molar-refractivity contribution is 0.100. The zero-order valence-electron chi connectivity index (χ0n) is 17.1. The van der Waals surface area contributed by atoms with Gasteiger partial charge in [0.1, 0.15) is 5.82 Å². The molecule has 1 aromatic heterocycles. The van der Waals surface area contributed by atoms with Crippen molar-refractivity contribution in [3.8, 4) is 17.2 Å². The Morgan fingerprint density at radius 2 is 1.57 bits per heavy atom. The molecule has 0 atom stereocenters. The fourth-order valence-electron chi connectivity index (χ4n) is 3.36. The van der Waals surface area contributed by atoms with Crippen molar-refractivity contribution in [1.82, 2.24) is 4.57 Å². The number of nitrogens with two attached hydrogens (primary N) is 1. The van der Waals surface area contributed by atoms with Gasteiger partial charge in [-0.15, -0.1) is 0 Å². The second-order valence-corrected chi connectivity index (χ2v) is 6.67. The first-order valence-corrected chi connectivity index (χ1v) is 9.08. The Morgan fingerprint density at radius 1 is 0.967 bits per heavy atom. The molecule has 0 aliphatic rings. The van der Waals surface area contributed by atoms with Gasteiger partial charge in [0.05, 0.1) is 31.0 Å². The number of aromatic nitrogens is 1. The predicted molar refractivity (Wildman–Crippen MR) is 111 cm³/mol. The number of aryl methyl sites for hydroxylation is 1. The molecule has 0 bridgehead atoms. The molecular weight excluding hydrogens is 389 g/mol. The van der Waals surface area contributed by atoms with Crippen LogP contribution in [-0.2, 0) is 0 Å². The van der Waals surface area contributed by atoms with E-state index in [0.29, 0.717) is 22.8 Å². The first-order chi connectivity index (χ1) is 14.3. The minimum Gasteiger partial charge on any atom is -0.493 e. The number of ether oxygens (including phenoxy) is 2. The highest BCUT2D eigenvalue weighted by molar-refractivity contribution is 6.09. The van der Waals surface area contributed by atoms with E-state index in [1.807, 2.05) is 11.5 Å². The van der Waals surface area contributed by atoms with Gasteiger partial charge in [0.25, 0.3) is 11.8 Å². The summed E-state index contributed by atoms with van der Waals surface area (Å²) in [6.07, 6.45) is 0. The summed E-state index contributed by atoms with van der Waals surface area (Å²) < 4.78 is 25.6. The van der Waals surface area contributed by atoms with Crippen LogP contribution in [0.25, 0.3) is 5.69 Å². The molecule has 0 unspecified atom stereocenters. The van der Waals surface area contributed by atoms with Crippen LogP contribution in [-0.4, -0.2) is 30.6 Å². The smallest absolute Gasteiger partial charge is 0.257 e. The summed E-state index contributed by atoms with van der Waals surface area (Å²) in [5, 5.41) is 2.73. The molecule has 2 amide bonds. The van der Waals surface area contributed by atoms with Crippen LogP contribution in [0.15, 0.2) is 42.5 Å². The van der Waals surface area contributed by atoms with Gasteiger partial charge in [0.15, 0.2) is 11.5 Å². The fourth-order valence-corrected chi connectivity index (χ4v) is 3.36. The van der Waals surface area contributed by atoms with Crippen LogP contribution >= 0.6 is 0 Å². The van der Waals surface area contributed by atoms with Gasteiger partial charge in [-0.25, -0.2) is 4.39 Å². The van der Waals surface area contributed by atoms with E-state index >= 15 is 0 Å². The maximum atomic E-state index is 13.3. The zero-order valence-corrected chi connectivity index (χ0v) is 17.1. The molecule has 0 saturated heterocycles. The van der Waals surface area contributed by atoms with Crippen LogP contribution in [0.2, 0.25) is 0 Å². The summed E-state index contributed by atoms with van der Waals surface area (Å²) in [4.78, 5) is 24.9. The lowest BCUT2D eigenvalue weighted by atomic mass is 10.1. The van der Waals surface area contributed by atoms with Gasteiger partial charge in [-0.05, 0) is 50.2 Å². The Balaban J connectivity index is 2.00. The van der Waals surface area contributed by atoms with Crippen LogP contribution in [0.3, 0.4) is 0 Å². The lowest BCUT2D eigenvalue weighted by Gasteiger charge is -2.14. The standard InChI is InChI=1S/C22H22FN3O4/c1-12-9-16(13(2)26(12)15-7-5-14(23)6-8-15)22(28)25-18-11-20(30-4)19(29-3)10-17(18)21(24)27/h5-11H,1-4H3,(H2,24,27)(H,25,28). The molecule has 3 rings (SSSR count). The zero-order chi connectivity index (χ0) is 22.0. The highest BCUT2D eigenvalue weighted by Crippen LogP contribution is 2.33. The summed E-state index contributed by atoms with van der Waals surface area (Å²) in [7, 11) is 2.88. The number of primary amides is 1. The molecule has 3 aromatic rings. The van der Waals surface area contributed by atoms with Crippen molar-refractivity contribution in [3.05, 3.63) is 70.8 Å². The van der Waals surface area contributed by atoms with E-state index in [2.05, 4.69) is 5.32 Å². The highest BCUT2D eigenvalue weighted by atomic mass is 19.1. The van der Waals surface area contributed by atoms with Crippen LogP contribution < -0.4 is 20.5 Å². The molecule has 0 spiro atoms. The van der Waals surface area contributed by atoms with E-state index in [0.717, 1.165) is 11.4 Å². The van der Waals surface area contributed by atoms with Crippen molar-refractivity contribution in [2.75, 3.05) is 19.5 Å². The molecule has 3 N–H and O–H groups in total. The van der Waals surface area contributed by atoms with E-state index in [-0.39, 0.29) is 17.1 Å². The number of nitrogens with zero attached hydrogens (tertiary/aromatic N) is 1. The third-order valence-electron chi connectivity index (χ3n) is 4.80. The van der Waals surface area contributed by atoms with E-state index in [1.165, 1.54) is 38.5 Å². The summed E-state index contributed by atoms with van der Waals surface area (Å²) in [6.45, 7) is 3.63. The minimum atomic E-state index is -0.719. The molecule has 0 radical (unpaired) electrons. The molecule has 7 nitrogen and oxygen atoms in total. The fraction of sp³-hybridized carbons (Fsp3) is 0.182. The third-order valence-corrected chi connectivity index (χ3v) is 4.80. The van der Waals surface area contributed by atoms with Gasteiger partial charge in [-0.2, -0.15) is 0 Å². The summed E-state index contributed by atoms with van der Waals surface area (Å²) in [6, 6.07) is 10.6. The van der Waals surface area contributed by atoms with Crippen molar-refractivity contribution in [2.45, 2.75) is 13.8 Å². The number of carbonyl (C=O) groups excluding carboxylic acids is 2.